The van der Waals surface area contributed by atoms with Gasteiger partial charge in [0.05, 0.1) is 23.8 Å². The molecular formula is C13H14N8O. The van der Waals surface area contributed by atoms with Gasteiger partial charge >= 0.3 is 0 Å². The van der Waals surface area contributed by atoms with Gasteiger partial charge in [-0.05, 0) is 19.1 Å². The molecule has 3 heterocycles. The molecule has 0 saturated heterocycles. The third-order valence-electron chi connectivity index (χ3n) is 2.90. The first kappa shape index (κ1) is 13.9. The number of carbonyl (C=O) groups is 1. The van der Waals surface area contributed by atoms with Crippen LogP contribution in [0, 0.1) is 6.92 Å². The largest absolute Gasteiger partial charge is 0.306 e. The molecule has 0 radical (unpaired) electrons. The Balaban J connectivity index is 1.66. The molecule has 0 spiro atoms. The third kappa shape index (κ3) is 3.14. The van der Waals surface area contributed by atoms with Crippen molar-refractivity contribution in [3.63, 3.8) is 0 Å². The summed E-state index contributed by atoms with van der Waals surface area (Å²) in [7, 11) is 1.68. The van der Waals surface area contributed by atoms with E-state index in [1.165, 1.54) is 15.7 Å². The molecule has 0 fully saturated rings. The molecule has 3 aromatic rings. The predicted molar refractivity (Wildman–Crippen MR) is 77.6 cm³/mol. The minimum absolute atomic E-state index is 0.0792. The number of nitrogens with one attached hydrogen (secondary N) is 1. The lowest BCUT2D eigenvalue weighted by Gasteiger charge is -2.01. The van der Waals surface area contributed by atoms with Crippen LogP contribution in [0.3, 0.4) is 0 Å². The Labute approximate surface area is 126 Å². The average Bonchev–Trinajstić information content (AvgIpc) is 3.09. The molecule has 9 nitrogen and oxygen atoms in total. The number of amides is 1. The first-order valence-corrected chi connectivity index (χ1v) is 6.59. The summed E-state index contributed by atoms with van der Waals surface area (Å²) in [5.41, 5.74) is 2.37. The van der Waals surface area contributed by atoms with Crippen molar-refractivity contribution in [1.82, 2.24) is 35.0 Å². The first-order valence-electron chi connectivity index (χ1n) is 6.59. The fourth-order valence-corrected chi connectivity index (χ4v) is 1.87. The zero-order valence-electron chi connectivity index (χ0n) is 12.1. The maximum atomic E-state index is 11.9. The van der Waals surface area contributed by atoms with E-state index in [4.69, 9.17) is 0 Å². The van der Waals surface area contributed by atoms with Crippen LogP contribution in [0.15, 0.2) is 30.7 Å². The maximum absolute atomic E-state index is 11.9. The van der Waals surface area contributed by atoms with Gasteiger partial charge in [0, 0.05) is 18.8 Å². The van der Waals surface area contributed by atoms with E-state index in [0.717, 1.165) is 11.3 Å². The second-order valence-electron chi connectivity index (χ2n) is 4.75. The summed E-state index contributed by atoms with van der Waals surface area (Å²) in [6, 6.07) is 3.74. The highest BCUT2D eigenvalue weighted by atomic mass is 16.2. The van der Waals surface area contributed by atoms with Crippen LogP contribution in [0.2, 0.25) is 0 Å². The number of aromatic nitrogens is 7. The van der Waals surface area contributed by atoms with Crippen LogP contribution in [0.5, 0.6) is 0 Å². The summed E-state index contributed by atoms with van der Waals surface area (Å²) in [5.74, 6) is 0.175. The van der Waals surface area contributed by atoms with Gasteiger partial charge in [-0.25, -0.2) is 0 Å². The molecular weight excluding hydrogens is 284 g/mol. The van der Waals surface area contributed by atoms with Crippen molar-refractivity contribution in [3.05, 3.63) is 36.4 Å². The molecule has 9 heteroatoms. The Kier molecular flexibility index (Phi) is 3.60. The van der Waals surface area contributed by atoms with Gasteiger partial charge in [0.1, 0.15) is 6.54 Å². The summed E-state index contributed by atoms with van der Waals surface area (Å²) >= 11 is 0. The Morgan fingerprint density at radius 3 is 2.77 bits per heavy atom. The number of nitrogens with zero attached hydrogens (tertiary/aromatic N) is 7. The highest BCUT2D eigenvalue weighted by Crippen LogP contribution is 2.14. The maximum Gasteiger partial charge on any atom is 0.247 e. The number of rotatable bonds is 4. The van der Waals surface area contributed by atoms with E-state index in [1.54, 1.807) is 19.4 Å². The number of hydrogen-bond acceptors (Lipinski definition) is 6. The summed E-state index contributed by atoms with van der Waals surface area (Å²) in [4.78, 5) is 13.3. The quantitative estimate of drug-likeness (QED) is 0.748. The zero-order valence-corrected chi connectivity index (χ0v) is 12.1. The van der Waals surface area contributed by atoms with Gasteiger partial charge in [0.25, 0.3) is 0 Å². The Morgan fingerprint density at radius 1 is 1.23 bits per heavy atom. The summed E-state index contributed by atoms with van der Waals surface area (Å²) in [5, 5.41) is 22.7. The second kappa shape index (κ2) is 5.72. The highest BCUT2D eigenvalue weighted by molar-refractivity contribution is 5.89. The molecule has 0 unspecified atom stereocenters. The van der Waals surface area contributed by atoms with Gasteiger partial charge in [0.2, 0.25) is 5.91 Å². The van der Waals surface area contributed by atoms with Crippen molar-refractivity contribution >= 4 is 11.7 Å². The van der Waals surface area contributed by atoms with Crippen molar-refractivity contribution in [2.24, 2.45) is 7.05 Å². The minimum Gasteiger partial charge on any atom is -0.306 e. The van der Waals surface area contributed by atoms with Gasteiger partial charge in [0.15, 0.2) is 5.82 Å². The number of anilines is 1. The van der Waals surface area contributed by atoms with Crippen LogP contribution in [-0.4, -0.2) is 40.9 Å². The van der Waals surface area contributed by atoms with Gasteiger partial charge in [-0.3, -0.25) is 9.48 Å². The molecule has 3 rings (SSSR count). The molecule has 0 aliphatic rings. The molecule has 0 aliphatic carbocycles. The molecule has 0 bridgehead atoms. The van der Waals surface area contributed by atoms with Crippen LogP contribution in [0.1, 0.15) is 5.69 Å². The molecule has 1 N–H and O–H groups in total. The van der Waals surface area contributed by atoms with Crippen LogP contribution in [0.25, 0.3) is 11.3 Å². The fraction of sp³-hybridized carbons (Fsp3) is 0.231. The Bertz CT molecular complexity index is 788. The summed E-state index contributed by atoms with van der Waals surface area (Å²) in [6.45, 7) is 1.95. The number of hydrogen-bond donors (Lipinski definition) is 1. The van der Waals surface area contributed by atoms with Gasteiger partial charge in [-0.15, -0.1) is 5.10 Å². The predicted octanol–water partition coefficient (Wildman–Crippen LogP) is 0.416. The number of carbonyl (C=O) groups excluding carboxylic acids is 1. The lowest BCUT2D eigenvalue weighted by Crippen LogP contribution is -2.19. The van der Waals surface area contributed by atoms with Crippen molar-refractivity contribution < 1.29 is 4.79 Å². The molecule has 3 aromatic heterocycles. The average molecular weight is 298 g/mol. The van der Waals surface area contributed by atoms with Crippen LogP contribution in [0.4, 0.5) is 5.82 Å². The van der Waals surface area contributed by atoms with Gasteiger partial charge < -0.3 is 5.32 Å². The van der Waals surface area contributed by atoms with Crippen molar-refractivity contribution in [1.29, 1.82) is 0 Å². The number of aryl methyl sites for hydroxylation is 2. The Hall–Kier alpha value is -3.10. The molecule has 0 aliphatic heterocycles. The smallest absolute Gasteiger partial charge is 0.247 e. The lowest BCUT2D eigenvalue weighted by molar-refractivity contribution is -0.116. The van der Waals surface area contributed by atoms with E-state index < -0.39 is 0 Å². The molecule has 0 saturated carbocycles. The molecule has 22 heavy (non-hydrogen) atoms. The molecule has 0 atom stereocenters. The normalized spacial score (nSPS) is 10.6. The second-order valence-corrected chi connectivity index (χ2v) is 4.75. The van der Waals surface area contributed by atoms with E-state index in [0.29, 0.717) is 11.5 Å². The van der Waals surface area contributed by atoms with Crippen molar-refractivity contribution in [2.75, 3.05) is 5.32 Å². The van der Waals surface area contributed by atoms with Crippen LogP contribution in [-0.2, 0) is 18.4 Å². The SMILES string of the molecule is Cc1ccc(-c2cnn(CC(=O)Nc3cnn(C)n3)c2)nn1. The van der Waals surface area contributed by atoms with Gasteiger partial charge in [-0.1, -0.05) is 0 Å². The fourth-order valence-electron chi connectivity index (χ4n) is 1.87. The summed E-state index contributed by atoms with van der Waals surface area (Å²) in [6.07, 6.45) is 4.87. The minimum atomic E-state index is -0.231. The lowest BCUT2D eigenvalue weighted by atomic mass is 10.2. The van der Waals surface area contributed by atoms with Crippen molar-refractivity contribution in [3.8, 4) is 11.3 Å². The van der Waals surface area contributed by atoms with Gasteiger partial charge in [-0.2, -0.15) is 25.2 Å². The molecule has 1 amide bonds. The zero-order chi connectivity index (χ0) is 15.5. The molecule has 112 valence electrons. The monoisotopic (exact) mass is 298 g/mol. The van der Waals surface area contributed by atoms with Crippen LogP contribution < -0.4 is 5.32 Å². The highest BCUT2D eigenvalue weighted by Gasteiger charge is 2.09. The van der Waals surface area contributed by atoms with E-state index in [2.05, 4.69) is 30.8 Å². The first-order chi connectivity index (χ1) is 10.6. The van der Waals surface area contributed by atoms with E-state index >= 15 is 0 Å². The van der Waals surface area contributed by atoms with Crippen LogP contribution >= 0.6 is 0 Å². The van der Waals surface area contributed by atoms with E-state index in [9.17, 15) is 4.79 Å². The molecule has 0 aromatic carbocycles. The van der Waals surface area contributed by atoms with E-state index in [-0.39, 0.29) is 12.5 Å². The summed E-state index contributed by atoms with van der Waals surface area (Å²) < 4.78 is 1.53. The van der Waals surface area contributed by atoms with E-state index in [1.807, 2.05) is 19.1 Å². The van der Waals surface area contributed by atoms with Crippen molar-refractivity contribution in [2.45, 2.75) is 13.5 Å². The standard InChI is InChI=1S/C13H14N8O/c1-9-3-4-11(18-17-9)10-5-15-21(7-10)8-13(22)16-12-6-14-20(2)19-12/h3-7H,8H2,1-2H3,(H,16,19,22). The third-order valence-corrected chi connectivity index (χ3v) is 2.90. The Morgan fingerprint density at radius 2 is 2.09 bits per heavy atom. The topological polar surface area (TPSA) is 103 Å².